The largest absolute Gasteiger partial charge is 0.451 e. The molecule has 0 atom stereocenters. The third kappa shape index (κ3) is 3.73. The van der Waals surface area contributed by atoms with Gasteiger partial charge in [0.25, 0.3) is 0 Å². The van der Waals surface area contributed by atoms with E-state index in [0.29, 0.717) is 0 Å². The molecule has 1 heterocycles. The zero-order chi connectivity index (χ0) is 16.6. The van der Waals surface area contributed by atoms with Crippen molar-refractivity contribution >= 4 is 0 Å². The Labute approximate surface area is 110 Å². The standard InChI is InChI=1S/C9H2F9N3/c10-7(11,12)4-3(1-2-19)5(8(13,14)15)21-6(20-4)9(16,17)18/h1H2. The van der Waals surface area contributed by atoms with Gasteiger partial charge >= 0.3 is 18.5 Å². The van der Waals surface area contributed by atoms with E-state index in [1.54, 1.807) is 0 Å². The van der Waals surface area contributed by atoms with Crippen LogP contribution in [0.25, 0.3) is 0 Å². The molecule has 0 aliphatic rings. The van der Waals surface area contributed by atoms with Gasteiger partial charge in [-0.25, -0.2) is 9.97 Å². The van der Waals surface area contributed by atoms with Gasteiger partial charge in [0, 0.05) is 5.56 Å². The average molecular weight is 323 g/mol. The Morgan fingerprint density at radius 1 is 0.762 bits per heavy atom. The first kappa shape index (κ1) is 17.0. The van der Waals surface area contributed by atoms with Crippen LogP contribution in [-0.2, 0) is 24.9 Å². The number of nitrogens with zero attached hydrogens (tertiary/aromatic N) is 3. The maximum atomic E-state index is 12.6. The molecule has 0 unspecified atom stereocenters. The van der Waals surface area contributed by atoms with Crippen molar-refractivity contribution in [2.24, 2.45) is 0 Å². The fourth-order valence-corrected chi connectivity index (χ4v) is 1.33. The summed E-state index contributed by atoms with van der Waals surface area (Å²) in [6.45, 7) is 0. The third-order valence-corrected chi connectivity index (χ3v) is 2.05. The minimum atomic E-state index is -5.61. The summed E-state index contributed by atoms with van der Waals surface area (Å²) in [7, 11) is 0. The average Bonchev–Trinajstić information content (AvgIpc) is 2.24. The topological polar surface area (TPSA) is 49.6 Å². The van der Waals surface area contributed by atoms with Gasteiger partial charge in [-0.1, -0.05) is 0 Å². The number of rotatable bonds is 1. The van der Waals surface area contributed by atoms with E-state index in [9.17, 15) is 39.5 Å². The lowest BCUT2D eigenvalue weighted by Gasteiger charge is -2.17. The summed E-state index contributed by atoms with van der Waals surface area (Å²) >= 11 is 0. The van der Waals surface area contributed by atoms with Gasteiger partial charge in [0.1, 0.15) is 0 Å². The van der Waals surface area contributed by atoms with Crippen molar-refractivity contribution in [2.75, 3.05) is 0 Å². The molecule has 21 heavy (non-hydrogen) atoms. The molecule has 1 aromatic rings. The predicted molar refractivity (Wildman–Crippen MR) is 46.4 cm³/mol. The van der Waals surface area contributed by atoms with Gasteiger partial charge in [0.2, 0.25) is 5.82 Å². The van der Waals surface area contributed by atoms with E-state index >= 15 is 0 Å². The number of alkyl halides is 9. The van der Waals surface area contributed by atoms with Crippen molar-refractivity contribution in [1.29, 1.82) is 5.26 Å². The van der Waals surface area contributed by atoms with Gasteiger partial charge in [-0.05, 0) is 0 Å². The van der Waals surface area contributed by atoms with Crippen LogP contribution >= 0.6 is 0 Å². The minimum Gasteiger partial charge on any atom is -0.219 e. The molecular formula is C9H2F9N3. The summed E-state index contributed by atoms with van der Waals surface area (Å²) in [6.07, 6.45) is -18.3. The number of halogens is 9. The Bertz CT molecular complexity index is 541. The highest BCUT2D eigenvalue weighted by molar-refractivity contribution is 5.33. The second-order valence-electron chi connectivity index (χ2n) is 3.55. The predicted octanol–water partition coefficient (Wildman–Crippen LogP) is 3.60. The molecule has 1 aromatic heterocycles. The molecule has 0 saturated heterocycles. The number of aromatic nitrogens is 2. The zero-order valence-corrected chi connectivity index (χ0v) is 9.45. The smallest absolute Gasteiger partial charge is 0.219 e. The molecule has 0 aliphatic carbocycles. The molecular weight excluding hydrogens is 321 g/mol. The molecule has 0 N–H and O–H groups in total. The fourth-order valence-electron chi connectivity index (χ4n) is 1.33. The molecule has 0 bridgehead atoms. The zero-order valence-electron chi connectivity index (χ0n) is 9.45. The van der Waals surface area contributed by atoms with Gasteiger partial charge < -0.3 is 0 Å². The molecule has 0 radical (unpaired) electrons. The summed E-state index contributed by atoms with van der Waals surface area (Å²) in [4.78, 5) is 4.19. The molecule has 1 rings (SSSR count). The van der Waals surface area contributed by atoms with Crippen molar-refractivity contribution in [3.8, 4) is 6.07 Å². The Kier molecular flexibility index (Phi) is 4.08. The van der Waals surface area contributed by atoms with Crippen LogP contribution in [0.1, 0.15) is 22.8 Å². The Hall–Kier alpha value is -2.06. The van der Waals surface area contributed by atoms with E-state index in [1.807, 2.05) is 0 Å². The molecule has 12 heteroatoms. The summed E-state index contributed by atoms with van der Waals surface area (Å²) in [5.41, 5.74) is -6.61. The van der Waals surface area contributed by atoms with Crippen LogP contribution in [-0.4, -0.2) is 9.97 Å². The van der Waals surface area contributed by atoms with Crippen LogP contribution in [0.5, 0.6) is 0 Å². The highest BCUT2D eigenvalue weighted by Crippen LogP contribution is 2.39. The molecule has 0 aromatic carbocycles. The minimum absolute atomic E-state index is 1.01. The van der Waals surface area contributed by atoms with Crippen LogP contribution in [0.15, 0.2) is 0 Å². The van der Waals surface area contributed by atoms with Crippen LogP contribution in [0, 0.1) is 11.3 Å². The van der Waals surface area contributed by atoms with E-state index in [-0.39, 0.29) is 0 Å². The molecule has 0 amide bonds. The third-order valence-electron chi connectivity index (χ3n) is 2.05. The SMILES string of the molecule is N#CCc1c(C(F)(F)F)nc(C(F)(F)F)nc1C(F)(F)F. The first-order chi connectivity index (χ1) is 9.28. The van der Waals surface area contributed by atoms with Crippen LogP contribution in [0.3, 0.4) is 0 Å². The highest BCUT2D eigenvalue weighted by Gasteiger charge is 2.47. The first-order valence-electron chi connectivity index (χ1n) is 4.78. The first-order valence-corrected chi connectivity index (χ1v) is 4.78. The van der Waals surface area contributed by atoms with Gasteiger partial charge in [-0.2, -0.15) is 44.8 Å². The quantitative estimate of drug-likeness (QED) is 0.742. The van der Waals surface area contributed by atoms with Crippen molar-refractivity contribution in [3.63, 3.8) is 0 Å². The highest BCUT2D eigenvalue weighted by atomic mass is 19.4. The van der Waals surface area contributed by atoms with E-state index < -0.39 is 47.7 Å². The van der Waals surface area contributed by atoms with Crippen molar-refractivity contribution in [2.45, 2.75) is 24.9 Å². The summed E-state index contributed by atoms with van der Waals surface area (Å²) in [5, 5.41) is 8.27. The Morgan fingerprint density at radius 3 is 1.38 bits per heavy atom. The lowest BCUT2D eigenvalue weighted by atomic mass is 10.1. The van der Waals surface area contributed by atoms with Crippen LogP contribution < -0.4 is 0 Å². The summed E-state index contributed by atoms with van der Waals surface area (Å²) in [5.74, 6) is -2.58. The number of hydrogen-bond donors (Lipinski definition) is 0. The Morgan fingerprint density at radius 2 is 1.14 bits per heavy atom. The molecule has 0 spiro atoms. The van der Waals surface area contributed by atoms with E-state index in [4.69, 9.17) is 5.26 Å². The Balaban J connectivity index is 3.80. The second-order valence-corrected chi connectivity index (χ2v) is 3.55. The summed E-state index contributed by atoms with van der Waals surface area (Å²) in [6, 6.07) is 1.01. The lowest BCUT2D eigenvalue weighted by molar-refractivity contribution is -0.160. The van der Waals surface area contributed by atoms with Gasteiger partial charge in [0.05, 0.1) is 12.5 Å². The molecule has 0 fully saturated rings. The van der Waals surface area contributed by atoms with E-state index in [2.05, 4.69) is 9.97 Å². The number of hydrogen-bond acceptors (Lipinski definition) is 3. The van der Waals surface area contributed by atoms with E-state index in [0.717, 1.165) is 6.07 Å². The molecule has 0 aliphatic heterocycles. The van der Waals surface area contributed by atoms with Gasteiger partial charge in [-0.15, -0.1) is 0 Å². The lowest BCUT2D eigenvalue weighted by Crippen LogP contribution is -2.25. The van der Waals surface area contributed by atoms with Crippen molar-refractivity contribution < 1.29 is 39.5 Å². The number of nitriles is 1. The molecule has 3 nitrogen and oxygen atoms in total. The van der Waals surface area contributed by atoms with Gasteiger partial charge in [0.15, 0.2) is 11.4 Å². The maximum Gasteiger partial charge on any atom is 0.451 e. The molecule has 0 saturated carbocycles. The van der Waals surface area contributed by atoms with Crippen LogP contribution in [0.4, 0.5) is 39.5 Å². The fraction of sp³-hybridized carbons (Fsp3) is 0.444. The van der Waals surface area contributed by atoms with Crippen LogP contribution in [0.2, 0.25) is 0 Å². The monoisotopic (exact) mass is 323 g/mol. The van der Waals surface area contributed by atoms with Crippen molar-refractivity contribution in [1.82, 2.24) is 9.97 Å². The normalized spacial score (nSPS) is 13.1. The second kappa shape index (κ2) is 5.05. The van der Waals surface area contributed by atoms with E-state index in [1.165, 1.54) is 0 Å². The van der Waals surface area contributed by atoms with Crippen molar-refractivity contribution in [3.05, 3.63) is 22.8 Å². The summed E-state index contributed by atoms with van der Waals surface area (Å²) < 4.78 is 112. The molecule has 116 valence electrons. The van der Waals surface area contributed by atoms with Gasteiger partial charge in [-0.3, -0.25) is 0 Å². The maximum absolute atomic E-state index is 12.6.